The number of esters is 1. The second kappa shape index (κ2) is 9.39. The maximum atomic E-state index is 12.9. The molecule has 0 saturated heterocycles. The Morgan fingerprint density at radius 3 is 2.59 bits per heavy atom. The molecule has 7 heteroatoms. The van der Waals surface area contributed by atoms with E-state index in [0.717, 1.165) is 46.2 Å². The van der Waals surface area contributed by atoms with Crippen LogP contribution in [0.2, 0.25) is 0 Å². The van der Waals surface area contributed by atoms with Crippen molar-refractivity contribution in [1.29, 1.82) is 0 Å². The topological polar surface area (TPSA) is 72.4 Å². The molecule has 1 aromatic heterocycles. The van der Waals surface area contributed by atoms with Gasteiger partial charge in [-0.1, -0.05) is 30.0 Å². The van der Waals surface area contributed by atoms with E-state index in [0.29, 0.717) is 13.0 Å². The molecular formula is C22H27N3O3S. The Balaban J connectivity index is 1.59. The summed E-state index contributed by atoms with van der Waals surface area (Å²) in [7, 11) is 0. The largest absolute Gasteiger partial charge is 0.453 e. The van der Waals surface area contributed by atoms with E-state index in [9.17, 15) is 9.59 Å². The van der Waals surface area contributed by atoms with Crippen LogP contribution in [0, 0.1) is 13.8 Å². The average molecular weight is 414 g/mol. The molecule has 0 spiro atoms. The molecule has 29 heavy (non-hydrogen) atoms. The van der Waals surface area contributed by atoms with Gasteiger partial charge in [0.05, 0.1) is 0 Å². The van der Waals surface area contributed by atoms with Gasteiger partial charge < -0.3 is 9.64 Å². The summed E-state index contributed by atoms with van der Waals surface area (Å²) < 4.78 is 5.45. The molecule has 0 radical (unpaired) electrons. The monoisotopic (exact) mass is 413 g/mol. The third-order valence-corrected chi connectivity index (χ3v) is 5.74. The Labute approximate surface area is 176 Å². The van der Waals surface area contributed by atoms with Crippen molar-refractivity contribution < 1.29 is 14.3 Å². The molecule has 0 saturated carbocycles. The smallest absolute Gasteiger partial charge is 0.306 e. The summed E-state index contributed by atoms with van der Waals surface area (Å²) in [6.45, 7) is 6.14. The van der Waals surface area contributed by atoms with Crippen LogP contribution in [-0.2, 0) is 27.2 Å². The molecule has 0 aliphatic carbocycles. The number of ether oxygens (including phenoxy) is 1. The number of benzene rings is 1. The summed E-state index contributed by atoms with van der Waals surface area (Å²) in [6, 6.07) is 7.90. The zero-order chi connectivity index (χ0) is 21.0. The van der Waals surface area contributed by atoms with Gasteiger partial charge >= 0.3 is 5.97 Å². The molecule has 2 heterocycles. The molecule has 0 N–H and O–H groups in total. The zero-order valence-corrected chi connectivity index (χ0v) is 18.2. The number of rotatable bonds is 6. The number of nitrogens with zero attached hydrogens (tertiary/aromatic N) is 3. The number of carbonyl (C=O) groups excluding carboxylic acids is 2. The van der Waals surface area contributed by atoms with Crippen LogP contribution in [0.5, 0.6) is 0 Å². The van der Waals surface area contributed by atoms with Crippen molar-refractivity contribution in [2.24, 2.45) is 0 Å². The summed E-state index contributed by atoms with van der Waals surface area (Å²) in [6.07, 6.45) is 3.69. The fraction of sp³-hybridized carbons (Fsp3) is 0.455. The third kappa shape index (κ3) is 4.96. The summed E-state index contributed by atoms with van der Waals surface area (Å²) >= 11 is 1.49. The van der Waals surface area contributed by atoms with E-state index in [1.807, 2.05) is 44.4 Å². The van der Waals surface area contributed by atoms with Gasteiger partial charge in [-0.25, -0.2) is 9.97 Å². The van der Waals surface area contributed by atoms with Crippen molar-refractivity contribution >= 4 is 29.3 Å². The molecule has 1 atom stereocenters. The lowest BCUT2D eigenvalue weighted by Gasteiger charge is -2.31. The Bertz CT molecular complexity index is 893. The highest BCUT2D eigenvalue weighted by molar-refractivity contribution is 7.98. The number of hydrogen-bond acceptors (Lipinski definition) is 6. The number of amides is 1. The van der Waals surface area contributed by atoms with E-state index in [-0.39, 0.29) is 18.3 Å². The van der Waals surface area contributed by atoms with Crippen LogP contribution in [0.4, 0.5) is 5.69 Å². The van der Waals surface area contributed by atoms with Crippen molar-refractivity contribution in [1.82, 2.24) is 9.97 Å². The lowest BCUT2D eigenvalue weighted by atomic mass is 10.0. The lowest BCUT2D eigenvalue weighted by Crippen LogP contribution is -2.42. The standard InChI is InChI=1S/C22H27N3O3S/c1-14-18(15(2)24-22(23-14)29-4)11-12-20(26)28-16(3)21(27)25-13-7-9-17-8-5-6-10-19(17)25/h5-6,8,10,16H,7,9,11-13H2,1-4H3/t16-/m0/s1. The van der Waals surface area contributed by atoms with Crippen LogP contribution in [0.25, 0.3) is 0 Å². The molecule has 0 fully saturated rings. The van der Waals surface area contributed by atoms with Gasteiger partial charge in [0, 0.05) is 30.0 Å². The van der Waals surface area contributed by atoms with Gasteiger partial charge in [-0.05, 0) is 63.5 Å². The van der Waals surface area contributed by atoms with Gasteiger partial charge in [-0.3, -0.25) is 9.59 Å². The maximum absolute atomic E-state index is 12.9. The molecule has 0 bridgehead atoms. The maximum Gasteiger partial charge on any atom is 0.306 e. The highest BCUT2D eigenvalue weighted by Gasteiger charge is 2.28. The van der Waals surface area contributed by atoms with Crippen LogP contribution in [0.15, 0.2) is 29.4 Å². The SMILES string of the molecule is CSc1nc(C)c(CCC(=O)O[C@@H](C)C(=O)N2CCCc3ccccc32)c(C)n1. The van der Waals surface area contributed by atoms with E-state index < -0.39 is 6.10 Å². The van der Waals surface area contributed by atoms with E-state index in [4.69, 9.17) is 4.74 Å². The van der Waals surface area contributed by atoms with E-state index in [1.54, 1.807) is 11.8 Å². The number of hydrogen-bond donors (Lipinski definition) is 0. The van der Waals surface area contributed by atoms with Gasteiger partial charge in [0.25, 0.3) is 5.91 Å². The summed E-state index contributed by atoms with van der Waals surface area (Å²) in [5, 5.41) is 0.729. The number of thioether (sulfide) groups is 1. The van der Waals surface area contributed by atoms with Crippen LogP contribution in [0.3, 0.4) is 0 Å². The average Bonchev–Trinajstić information content (AvgIpc) is 2.71. The highest BCUT2D eigenvalue weighted by Crippen LogP contribution is 2.27. The first-order valence-corrected chi connectivity index (χ1v) is 11.1. The Kier molecular flexibility index (Phi) is 6.90. The Morgan fingerprint density at radius 2 is 1.90 bits per heavy atom. The van der Waals surface area contributed by atoms with Gasteiger partial charge in [0.2, 0.25) is 0 Å². The van der Waals surface area contributed by atoms with Crippen molar-refractivity contribution in [3.63, 3.8) is 0 Å². The van der Waals surface area contributed by atoms with E-state index in [1.165, 1.54) is 11.8 Å². The second-order valence-corrected chi connectivity index (χ2v) is 7.99. The number of aryl methyl sites for hydroxylation is 3. The third-order valence-electron chi connectivity index (χ3n) is 5.19. The molecule has 0 unspecified atom stereocenters. The second-order valence-electron chi connectivity index (χ2n) is 7.21. The van der Waals surface area contributed by atoms with E-state index in [2.05, 4.69) is 9.97 Å². The predicted octanol–water partition coefficient (Wildman–Crippen LogP) is 3.66. The molecule has 1 aliphatic heterocycles. The van der Waals surface area contributed by atoms with Gasteiger partial charge in [-0.15, -0.1) is 0 Å². The minimum atomic E-state index is -0.814. The van der Waals surface area contributed by atoms with E-state index >= 15 is 0 Å². The normalized spacial score (nSPS) is 14.3. The molecular weight excluding hydrogens is 386 g/mol. The number of fused-ring (bicyclic) bond motifs is 1. The first-order valence-electron chi connectivity index (χ1n) is 9.87. The molecule has 6 nitrogen and oxygen atoms in total. The van der Waals surface area contributed by atoms with Crippen LogP contribution in [0.1, 0.15) is 42.3 Å². The van der Waals surface area contributed by atoms with Crippen LogP contribution < -0.4 is 4.90 Å². The Hall–Kier alpha value is -2.41. The summed E-state index contributed by atoms with van der Waals surface area (Å²) in [5.41, 5.74) is 4.80. The molecule has 1 amide bonds. The first-order chi connectivity index (χ1) is 13.9. The molecule has 3 rings (SSSR count). The van der Waals surface area contributed by atoms with Crippen molar-refractivity contribution in [3.05, 3.63) is 46.8 Å². The summed E-state index contributed by atoms with van der Waals surface area (Å²) in [4.78, 5) is 35.9. The number of para-hydroxylation sites is 1. The molecule has 2 aromatic rings. The lowest BCUT2D eigenvalue weighted by molar-refractivity contribution is -0.153. The fourth-order valence-corrected chi connectivity index (χ4v) is 4.13. The van der Waals surface area contributed by atoms with Gasteiger partial charge in [0.1, 0.15) is 0 Å². The first kappa shape index (κ1) is 21.3. The minimum absolute atomic E-state index is 0.175. The summed E-state index contributed by atoms with van der Waals surface area (Å²) in [5.74, 6) is -0.561. The predicted molar refractivity (Wildman–Crippen MR) is 114 cm³/mol. The van der Waals surface area contributed by atoms with Gasteiger partial charge in [-0.2, -0.15) is 0 Å². The number of anilines is 1. The fourth-order valence-electron chi connectivity index (χ4n) is 3.68. The quantitative estimate of drug-likeness (QED) is 0.409. The van der Waals surface area contributed by atoms with Crippen molar-refractivity contribution in [2.45, 2.75) is 57.7 Å². The number of carbonyl (C=O) groups is 2. The zero-order valence-electron chi connectivity index (χ0n) is 17.4. The van der Waals surface area contributed by atoms with Gasteiger partial charge in [0.15, 0.2) is 11.3 Å². The number of aromatic nitrogens is 2. The molecule has 1 aliphatic rings. The molecule has 1 aromatic carbocycles. The van der Waals surface area contributed by atoms with Crippen molar-refractivity contribution in [2.75, 3.05) is 17.7 Å². The highest BCUT2D eigenvalue weighted by atomic mass is 32.2. The molecule has 154 valence electrons. The minimum Gasteiger partial charge on any atom is -0.453 e. The Morgan fingerprint density at radius 1 is 1.21 bits per heavy atom. The van der Waals surface area contributed by atoms with Crippen molar-refractivity contribution in [3.8, 4) is 0 Å². The van der Waals surface area contributed by atoms with Crippen LogP contribution >= 0.6 is 11.8 Å². The van der Waals surface area contributed by atoms with Crippen LogP contribution in [-0.4, -0.2) is 40.7 Å².